The Kier molecular flexibility index (Phi) is 7.20. The Hall–Kier alpha value is -1.62. The Balaban J connectivity index is 1.74. The van der Waals surface area contributed by atoms with Gasteiger partial charge in [0.25, 0.3) is 0 Å². The summed E-state index contributed by atoms with van der Waals surface area (Å²) in [4.78, 5) is 24.2. The van der Waals surface area contributed by atoms with Gasteiger partial charge in [-0.15, -0.1) is 0 Å². The third-order valence-corrected chi connectivity index (χ3v) is 6.93. The van der Waals surface area contributed by atoms with Crippen LogP contribution in [0.15, 0.2) is 23.8 Å². The maximum absolute atomic E-state index is 12.5. The highest BCUT2D eigenvalue weighted by Crippen LogP contribution is 2.45. The first-order valence-corrected chi connectivity index (χ1v) is 11.3. The summed E-state index contributed by atoms with van der Waals surface area (Å²) in [5.74, 6) is 0.755. The van der Waals surface area contributed by atoms with E-state index in [9.17, 15) is 14.7 Å². The zero-order valence-corrected chi connectivity index (χ0v) is 18.2. The van der Waals surface area contributed by atoms with Crippen LogP contribution in [0.2, 0.25) is 0 Å². The quantitative estimate of drug-likeness (QED) is 0.672. The van der Waals surface area contributed by atoms with E-state index in [4.69, 9.17) is 9.47 Å². The maximum Gasteiger partial charge on any atom is 0.308 e. The smallest absolute Gasteiger partial charge is 0.308 e. The molecule has 3 aliphatic rings. The lowest BCUT2D eigenvalue weighted by Gasteiger charge is -2.43. The van der Waals surface area contributed by atoms with Gasteiger partial charge < -0.3 is 14.6 Å². The molecule has 2 aliphatic carbocycles. The average molecular weight is 405 g/mol. The van der Waals surface area contributed by atoms with Crippen LogP contribution in [0.1, 0.15) is 66.2 Å². The first kappa shape index (κ1) is 22.1. The Morgan fingerprint density at radius 2 is 2.07 bits per heavy atom. The van der Waals surface area contributed by atoms with Crippen molar-refractivity contribution in [2.75, 3.05) is 0 Å². The molecular weight excluding hydrogens is 368 g/mol. The predicted molar refractivity (Wildman–Crippen MR) is 111 cm³/mol. The van der Waals surface area contributed by atoms with Crippen molar-refractivity contribution in [2.45, 2.75) is 84.5 Å². The molecule has 5 heteroatoms. The number of cyclic esters (lactones) is 1. The summed E-state index contributed by atoms with van der Waals surface area (Å²) in [7, 11) is 0. The summed E-state index contributed by atoms with van der Waals surface area (Å²) in [5.41, 5.74) is 1.27. The van der Waals surface area contributed by atoms with Crippen LogP contribution in [0.5, 0.6) is 0 Å². The number of hydrogen-bond acceptors (Lipinski definition) is 5. The van der Waals surface area contributed by atoms with Crippen molar-refractivity contribution in [1.82, 2.24) is 0 Å². The molecule has 29 heavy (non-hydrogen) atoms. The van der Waals surface area contributed by atoms with E-state index in [1.807, 2.05) is 13.8 Å². The Labute approximate surface area is 174 Å². The van der Waals surface area contributed by atoms with Crippen LogP contribution in [0, 0.1) is 29.6 Å². The summed E-state index contributed by atoms with van der Waals surface area (Å²) in [6, 6.07) is 0. The van der Waals surface area contributed by atoms with Gasteiger partial charge in [-0.05, 0) is 49.0 Å². The van der Waals surface area contributed by atoms with Gasteiger partial charge in [-0.1, -0.05) is 45.9 Å². The standard InChI is InChI=1S/C24H36O5/c1-5-15(3)24(27)29-21-11-14(2)10-17-7-6-16(4)20(23(17)21)9-8-19-12-18(25)13-22(26)28-19/h6-7,10,14-16,18-21,23,25H,5,8-9,11-13H2,1-4H3/t14?,15-,16-,18+,19+,20-,21-,23?/m0/s1. The number of carbonyl (C=O) groups excluding carboxylic acids is 2. The monoisotopic (exact) mass is 404 g/mol. The van der Waals surface area contributed by atoms with Crippen LogP contribution >= 0.6 is 0 Å². The minimum atomic E-state index is -0.597. The maximum atomic E-state index is 12.5. The molecule has 5 nitrogen and oxygen atoms in total. The first-order chi connectivity index (χ1) is 13.8. The van der Waals surface area contributed by atoms with Crippen molar-refractivity contribution >= 4 is 11.9 Å². The molecule has 0 radical (unpaired) electrons. The molecule has 0 bridgehead atoms. The van der Waals surface area contributed by atoms with Gasteiger partial charge in [0, 0.05) is 12.3 Å². The van der Waals surface area contributed by atoms with E-state index < -0.39 is 6.10 Å². The second-order valence-corrected chi connectivity index (χ2v) is 9.36. The molecule has 0 amide bonds. The molecule has 1 heterocycles. The molecule has 8 atom stereocenters. The zero-order valence-electron chi connectivity index (χ0n) is 18.2. The molecule has 2 unspecified atom stereocenters. The fraction of sp³-hybridized carbons (Fsp3) is 0.750. The first-order valence-electron chi connectivity index (χ1n) is 11.3. The second kappa shape index (κ2) is 9.46. The summed E-state index contributed by atoms with van der Waals surface area (Å²) in [5, 5.41) is 9.89. The van der Waals surface area contributed by atoms with Crippen molar-refractivity contribution in [2.24, 2.45) is 29.6 Å². The topological polar surface area (TPSA) is 72.8 Å². The van der Waals surface area contributed by atoms with Crippen LogP contribution < -0.4 is 0 Å². The molecule has 0 aromatic rings. The van der Waals surface area contributed by atoms with E-state index >= 15 is 0 Å². The van der Waals surface area contributed by atoms with Crippen molar-refractivity contribution in [3.8, 4) is 0 Å². The summed E-state index contributed by atoms with van der Waals surface area (Å²) < 4.78 is 11.5. The van der Waals surface area contributed by atoms with Crippen molar-refractivity contribution in [3.63, 3.8) is 0 Å². The summed E-state index contributed by atoms with van der Waals surface area (Å²) in [6.45, 7) is 8.33. The molecule has 0 aromatic carbocycles. The summed E-state index contributed by atoms with van der Waals surface area (Å²) in [6.07, 6.45) is 9.70. The van der Waals surface area contributed by atoms with E-state index in [-0.39, 0.29) is 42.4 Å². The van der Waals surface area contributed by atoms with Gasteiger partial charge in [-0.3, -0.25) is 9.59 Å². The van der Waals surface area contributed by atoms with Crippen LogP contribution in [-0.4, -0.2) is 35.4 Å². The van der Waals surface area contributed by atoms with E-state index in [0.717, 1.165) is 25.7 Å². The fourth-order valence-electron chi connectivity index (χ4n) is 5.07. The number of carbonyl (C=O) groups is 2. The lowest BCUT2D eigenvalue weighted by molar-refractivity contribution is -0.162. The van der Waals surface area contributed by atoms with Crippen LogP contribution in [-0.2, 0) is 19.1 Å². The van der Waals surface area contributed by atoms with Gasteiger partial charge in [0.05, 0.1) is 18.4 Å². The minimum Gasteiger partial charge on any atom is -0.462 e. The van der Waals surface area contributed by atoms with Crippen molar-refractivity contribution < 1.29 is 24.2 Å². The molecule has 1 N–H and O–H groups in total. The molecule has 3 rings (SSSR count). The molecule has 1 saturated heterocycles. The number of allylic oxidation sites excluding steroid dienone is 3. The van der Waals surface area contributed by atoms with E-state index in [0.29, 0.717) is 24.2 Å². The normalized spacial score (nSPS) is 37.9. The lowest BCUT2D eigenvalue weighted by atomic mass is 9.65. The van der Waals surface area contributed by atoms with Gasteiger partial charge in [0.15, 0.2) is 0 Å². The van der Waals surface area contributed by atoms with Gasteiger partial charge >= 0.3 is 11.9 Å². The Morgan fingerprint density at radius 3 is 2.76 bits per heavy atom. The number of esters is 2. The molecule has 0 saturated carbocycles. The molecule has 0 aromatic heterocycles. The second-order valence-electron chi connectivity index (χ2n) is 9.36. The van der Waals surface area contributed by atoms with Crippen LogP contribution in [0.4, 0.5) is 0 Å². The zero-order chi connectivity index (χ0) is 21.1. The number of aliphatic hydroxyl groups is 1. The largest absolute Gasteiger partial charge is 0.462 e. The van der Waals surface area contributed by atoms with Crippen molar-refractivity contribution in [1.29, 1.82) is 0 Å². The van der Waals surface area contributed by atoms with Gasteiger partial charge in [-0.25, -0.2) is 0 Å². The average Bonchev–Trinajstić information content (AvgIpc) is 2.65. The van der Waals surface area contributed by atoms with Crippen molar-refractivity contribution in [3.05, 3.63) is 23.8 Å². The number of fused-ring (bicyclic) bond motifs is 1. The van der Waals surface area contributed by atoms with Crippen LogP contribution in [0.3, 0.4) is 0 Å². The van der Waals surface area contributed by atoms with Crippen LogP contribution in [0.25, 0.3) is 0 Å². The highest BCUT2D eigenvalue weighted by atomic mass is 16.5. The third-order valence-electron chi connectivity index (χ3n) is 6.93. The lowest BCUT2D eigenvalue weighted by Crippen LogP contribution is -2.42. The number of aliphatic hydroxyl groups excluding tert-OH is 1. The van der Waals surface area contributed by atoms with Gasteiger partial charge in [0.1, 0.15) is 12.2 Å². The number of hydrogen-bond donors (Lipinski definition) is 1. The third kappa shape index (κ3) is 5.30. The predicted octanol–water partition coefficient (Wildman–Crippen LogP) is 4.20. The van der Waals surface area contributed by atoms with E-state index in [1.165, 1.54) is 5.57 Å². The Morgan fingerprint density at radius 1 is 1.31 bits per heavy atom. The molecule has 1 fully saturated rings. The Bertz CT molecular complexity index is 666. The summed E-state index contributed by atoms with van der Waals surface area (Å²) >= 11 is 0. The highest BCUT2D eigenvalue weighted by molar-refractivity contribution is 5.72. The number of ether oxygens (including phenoxy) is 2. The van der Waals surface area contributed by atoms with Gasteiger partial charge in [-0.2, -0.15) is 0 Å². The van der Waals surface area contributed by atoms with Gasteiger partial charge in [0.2, 0.25) is 0 Å². The number of rotatable bonds is 6. The molecule has 1 aliphatic heterocycles. The van der Waals surface area contributed by atoms with E-state index in [1.54, 1.807) is 0 Å². The molecule has 0 spiro atoms. The molecule has 162 valence electrons. The highest BCUT2D eigenvalue weighted by Gasteiger charge is 2.42. The SMILES string of the molecule is CC[C@H](C)C(=O)O[C@H]1CC(C)C=C2C=C[C@H](C)[C@H](CC[C@@H]3C[C@@H](O)CC(=O)O3)C21. The fourth-order valence-corrected chi connectivity index (χ4v) is 5.07. The van der Waals surface area contributed by atoms with E-state index in [2.05, 4.69) is 32.1 Å². The molecular formula is C24H36O5. The minimum absolute atomic E-state index is 0.0854.